The maximum absolute atomic E-state index is 4.24. The van der Waals surface area contributed by atoms with Crippen molar-refractivity contribution >= 4 is 6.21 Å². The Labute approximate surface area is 80.7 Å². The molecule has 1 aliphatic heterocycles. The molecule has 3 rings (SSSR count). The molecule has 1 aliphatic rings. The second-order valence-electron chi connectivity index (χ2n) is 3.20. The highest BCUT2D eigenvalue weighted by molar-refractivity contribution is 5.88. The molecule has 68 valence electrons. The number of nitrogens with one attached hydrogen (secondary N) is 1. The van der Waals surface area contributed by atoms with Gasteiger partial charge in [-0.2, -0.15) is 15.4 Å². The Morgan fingerprint density at radius 1 is 1.29 bits per heavy atom. The summed E-state index contributed by atoms with van der Waals surface area (Å²) in [5.74, 6) is 0. The van der Waals surface area contributed by atoms with E-state index in [4.69, 9.17) is 0 Å². The summed E-state index contributed by atoms with van der Waals surface area (Å²) in [5, 5.41) is 10.5. The van der Waals surface area contributed by atoms with Gasteiger partial charge in [-0.3, -0.25) is 4.99 Å². The van der Waals surface area contributed by atoms with Crippen LogP contribution in [-0.4, -0.2) is 21.6 Å². The number of aromatic nitrogens is 3. The van der Waals surface area contributed by atoms with Crippen molar-refractivity contribution in [1.82, 2.24) is 15.4 Å². The molecule has 2 aromatic rings. The molecule has 0 bridgehead atoms. The average Bonchev–Trinajstić information content (AvgIpc) is 2.88. The molecule has 1 aromatic heterocycles. The molecular formula is C10H8N4. The van der Waals surface area contributed by atoms with Crippen LogP contribution < -0.4 is 0 Å². The van der Waals surface area contributed by atoms with Crippen LogP contribution in [0.15, 0.2) is 29.4 Å². The van der Waals surface area contributed by atoms with E-state index in [9.17, 15) is 0 Å². The van der Waals surface area contributed by atoms with E-state index < -0.39 is 0 Å². The predicted octanol–water partition coefficient (Wildman–Crippen LogP) is 1.40. The van der Waals surface area contributed by atoms with Gasteiger partial charge in [0.25, 0.3) is 0 Å². The zero-order valence-electron chi connectivity index (χ0n) is 7.44. The van der Waals surface area contributed by atoms with Crippen molar-refractivity contribution in [3.8, 4) is 11.3 Å². The first-order valence-electron chi connectivity index (χ1n) is 4.43. The van der Waals surface area contributed by atoms with E-state index in [1.807, 2.05) is 18.3 Å². The van der Waals surface area contributed by atoms with Crippen LogP contribution >= 0.6 is 0 Å². The number of fused-ring (bicyclic) bond motifs is 1. The number of aliphatic imine (C=N–C) groups is 1. The zero-order valence-corrected chi connectivity index (χ0v) is 7.44. The summed E-state index contributed by atoms with van der Waals surface area (Å²) in [6.45, 7) is 0.748. The topological polar surface area (TPSA) is 53.9 Å². The molecular weight excluding hydrogens is 176 g/mol. The summed E-state index contributed by atoms with van der Waals surface area (Å²) in [7, 11) is 0. The van der Waals surface area contributed by atoms with Crippen molar-refractivity contribution in [1.29, 1.82) is 0 Å². The lowest BCUT2D eigenvalue weighted by molar-refractivity contribution is 0.941. The van der Waals surface area contributed by atoms with Gasteiger partial charge in [-0.1, -0.05) is 18.2 Å². The SMILES string of the molecule is C1=NCc2c1cccc2-c1cn[nH]n1. The molecule has 4 heteroatoms. The van der Waals surface area contributed by atoms with Crippen molar-refractivity contribution < 1.29 is 0 Å². The van der Waals surface area contributed by atoms with Gasteiger partial charge in [0.2, 0.25) is 0 Å². The molecule has 0 saturated heterocycles. The van der Waals surface area contributed by atoms with Crippen LogP contribution in [0.1, 0.15) is 11.1 Å². The Morgan fingerprint density at radius 3 is 3.14 bits per heavy atom. The van der Waals surface area contributed by atoms with Crippen LogP contribution in [-0.2, 0) is 6.54 Å². The molecule has 0 aliphatic carbocycles. The first-order chi connectivity index (χ1) is 6.95. The van der Waals surface area contributed by atoms with Gasteiger partial charge < -0.3 is 0 Å². The van der Waals surface area contributed by atoms with Crippen LogP contribution in [0.4, 0.5) is 0 Å². The van der Waals surface area contributed by atoms with Gasteiger partial charge in [0.05, 0.1) is 12.7 Å². The van der Waals surface area contributed by atoms with Gasteiger partial charge in [0.1, 0.15) is 5.69 Å². The lowest BCUT2D eigenvalue weighted by atomic mass is 10.0. The van der Waals surface area contributed by atoms with Crippen molar-refractivity contribution in [2.24, 2.45) is 4.99 Å². The molecule has 0 saturated carbocycles. The second kappa shape index (κ2) is 2.77. The van der Waals surface area contributed by atoms with E-state index in [1.54, 1.807) is 6.20 Å². The van der Waals surface area contributed by atoms with Crippen molar-refractivity contribution in [3.05, 3.63) is 35.5 Å². The molecule has 4 nitrogen and oxygen atoms in total. The van der Waals surface area contributed by atoms with E-state index >= 15 is 0 Å². The maximum atomic E-state index is 4.24. The van der Waals surface area contributed by atoms with Crippen LogP contribution in [0.25, 0.3) is 11.3 Å². The lowest BCUT2D eigenvalue weighted by Crippen LogP contribution is -1.89. The minimum absolute atomic E-state index is 0.748. The summed E-state index contributed by atoms with van der Waals surface area (Å²) in [4.78, 5) is 4.24. The Kier molecular flexibility index (Phi) is 1.47. The number of nitrogens with zero attached hydrogens (tertiary/aromatic N) is 3. The van der Waals surface area contributed by atoms with Gasteiger partial charge in [-0.25, -0.2) is 0 Å². The molecule has 0 fully saturated rings. The normalized spacial score (nSPS) is 13.1. The molecule has 0 spiro atoms. The Balaban J connectivity index is 2.22. The van der Waals surface area contributed by atoms with Gasteiger partial charge >= 0.3 is 0 Å². The molecule has 0 unspecified atom stereocenters. The fourth-order valence-corrected chi connectivity index (χ4v) is 1.71. The van der Waals surface area contributed by atoms with Gasteiger partial charge in [0.15, 0.2) is 0 Å². The average molecular weight is 184 g/mol. The zero-order chi connectivity index (χ0) is 9.38. The molecule has 14 heavy (non-hydrogen) atoms. The smallest absolute Gasteiger partial charge is 0.113 e. The van der Waals surface area contributed by atoms with E-state index in [0.717, 1.165) is 17.8 Å². The number of hydrogen-bond acceptors (Lipinski definition) is 3. The minimum atomic E-state index is 0.748. The Morgan fingerprint density at radius 2 is 2.29 bits per heavy atom. The number of hydrogen-bond donors (Lipinski definition) is 1. The number of aromatic amines is 1. The van der Waals surface area contributed by atoms with E-state index in [0.29, 0.717) is 0 Å². The Hall–Kier alpha value is -1.97. The highest BCUT2D eigenvalue weighted by Crippen LogP contribution is 2.26. The molecule has 2 heterocycles. The molecule has 0 amide bonds. The van der Waals surface area contributed by atoms with Gasteiger partial charge in [-0.15, -0.1) is 0 Å². The number of rotatable bonds is 1. The van der Waals surface area contributed by atoms with Crippen LogP contribution in [0, 0.1) is 0 Å². The van der Waals surface area contributed by atoms with Crippen molar-refractivity contribution in [2.45, 2.75) is 6.54 Å². The summed E-state index contributed by atoms with van der Waals surface area (Å²) in [6, 6.07) is 6.13. The highest BCUT2D eigenvalue weighted by Gasteiger charge is 2.13. The first kappa shape index (κ1) is 7.44. The summed E-state index contributed by atoms with van der Waals surface area (Å²) >= 11 is 0. The molecule has 1 aromatic carbocycles. The minimum Gasteiger partial charge on any atom is -0.288 e. The largest absolute Gasteiger partial charge is 0.288 e. The summed E-state index contributed by atoms with van der Waals surface area (Å²) in [5.41, 5.74) is 4.42. The molecule has 0 radical (unpaired) electrons. The Bertz CT molecular complexity index is 485. The van der Waals surface area contributed by atoms with Crippen molar-refractivity contribution in [2.75, 3.05) is 0 Å². The highest BCUT2D eigenvalue weighted by atomic mass is 15.3. The van der Waals surface area contributed by atoms with E-state index in [1.165, 1.54) is 11.1 Å². The summed E-state index contributed by atoms with van der Waals surface area (Å²) < 4.78 is 0. The number of H-pyrrole nitrogens is 1. The van der Waals surface area contributed by atoms with Crippen LogP contribution in [0.2, 0.25) is 0 Å². The fraction of sp³-hybridized carbons (Fsp3) is 0.100. The van der Waals surface area contributed by atoms with Crippen LogP contribution in [0.5, 0.6) is 0 Å². The predicted molar refractivity (Wildman–Crippen MR) is 53.1 cm³/mol. The van der Waals surface area contributed by atoms with Gasteiger partial charge in [-0.05, 0) is 11.1 Å². The second-order valence-corrected chi connectivity index (χ2v) is 3.20. The molecule has 1 N–H and O–H groups in total. The number of benzene rings is 1. The maximum Gasteiger partial charge on any atom is 0.113 e. The van der Waals surface area contributed by atoms with Crippen LogP contribution in [0.3, 0.4) is 0 Å². The third-order valence-electron chi connectivity index (χ3n) is 2.38. The lowest BCUT2D eigenvalue weighted by Gasteiger charge is -2.02. The van der Waals surface area contributed by atoms with Crippen molar-refractivity contribution in [3.63, 3.8) is 0 Å². The summed E-state index contributed by atoms with van der Waals surface area (Å²) in [6.07, 6.45) is 3.63. The van der Waals surface area contributed by atoms with E-state index in [-0.39, 0.29) is 0 Å². The quantitative estimate of drug-likeness (QED) is 0.728. The third kappa shape index (κ3) is 0.970. The first-order valence-corrected chi connectivity index (χ1v) is 4.43. The standard InChI is InChI=1S/C10H8N4/c1-2-7-4-11-5-9(7)8(3-1)10-6-12-14-13-10/h1-4,6H,5H2,(H,12,13,14). The van der Waals surface area contributed by atoms with Gasteiger partial charge in [0, 0.05) is 11.8 Å². The monoisotopic (exact) mass is 184 g/mol. The third-order valence-corrected chi connectivity index (χ3v) is 2.38. The molecule has 0 atom stereocenters. The fourth-order valence-electron chi connectivity index (χ4n) is 1.71. The van der Waals surface area contributed by atoms with E-state index in [2.05, 4.69) is 26.5 Å².